The van der Waals surface area contributed by atoms with Gasteiger partial charge in [-0.15, -0.1) is 11.8 Å². The fourth-order valence-electron chi connectivity index (χ4n) is 2.26. The van der Waals surface area contributed by atoms with Crippen molar-refractivity contribution in [3.63, 3.8) is 0 Å². The van der Waals surface area contributed by atoms with E-state index in [-0.39, 0.29) is 11.2 Å². The smallest absolute Gasteiger partial charge is 0.235 e. The Morgan fingerprint density at radius 3 is 1.90 bits per heavy atom. The number of thioether (sulfide) groups is 1. The Morgan fingerprint density at radius 1 is 1.00 bits per heavy atom. The van der Waals surface area contributed by atoms with Crippen molar-refractivity contribution < 1.29 is 4.79 Å². The maximum Gasteiger partial charge on any atom is 0.235 e. The van der Waals surface area contributed by atoms with Gasteiger partial charge in [-0.3, -0.25) is 4.79 Å². The molecule has 0 aliphatic rings. The minimum absolute atomic E-state index is 0.0368. The van der Waals surface area contributed by atoms with E-state index in [0.717, 1.165) is 18.0 Å². The van der Waals surface area contributed by atoms with Gasteiger partial charge in [0.1, 0.15) is 0 Å². The lowest BCUT2D eigenvalue weighted by molar-refractivity contribution is -0.131. The van der Waals surface area contributed by atoms with Crippen LogP contribution in [0.2, 0.25) is 0 Å². The minimum Gasteiger partial charge on any atom is -0.341 e. The van der Waals surface area contributed by atoms with E-state index in [1.165, 1.54) is 5.56 Å². The molecular weight excluding hydrogens is 278 g/mol. The molecule has 0 spiro atoms. The van der Waals surface area contributed by atoms with Gasteiger partial charge >= 0.3 is 0 Å². The third-order valence-electron chi connectivity index (χ3n) is 3.16. The molecule has 0 N–H and O–H groups in total. The summed E-state index contributed by atoms with van der Waals surface area (Å²) in [5.74, 6) is 1.26. The monoisotopic (exact) mass is 307 g/mol. The van der Waals surface area contributed by atoms with Crippen LogP contribution in [0.25, 0.3) is 0 Å². The molecule has 0 aliphatic heterocycles. The van der Waals surface area contributed by atoms with Crippen molar-refractivity contribution in [2.45, 2.75) is 51.7 Å². The van der Waals surface area contributed by atoms with Crippen molar-refractivity contribution in [3.8, 4) is 0 Å². The molecule has 1 rings (SSSR count). The molecule has 0 bridgehead atoms. The Kier molecular flexibility index (Phi) is 7.30. The van der Waals surface area contributed by atoms with Crippen molar-refractivity contribution in [3.05, 3.63) is 29.8 Å². The highest BCUT2D eigenvalue weighted by Crippen LogP contribution is 2.25. The Morgan fingerprint density at radius 2 is 1.48 bits per heavy atom. The van der Waals surface area contributed by atoms with E-state index >= 15 is 0 Å². The number of amides is 1. The normalized spacial score (nSPS) is 12.8. The molecule has 1 amide bonds. The first-order valence-corrected chi connectivity index (χ1v) is 8.69. The van der Waals surface area contributed by atoms with E-state index in [2.05, 4.69) is 58.9 Å². The molecule has 0 aliphatic carbocycles. The fourth-order valence-corrected chi connectivity index (χ4v) is 3.22. The van der Waals surface area contributed by atoms with Crippen LogP contribution < -0.4 is 0 Å². The van der Waals surface area contributed by atoms with Crippen LogP contribution in [-0.2, 0) is 4.79 Å². The number of hydrogen-bond donors (Lipinski definition) is 0. The molecule has 1 atom stereocenters. The molecule has 0 aromatic heterocycles. The molecule has 3 heteroatoms. The topological polar surface area (TPSA) is 20.3 Å². The van der Waals surface area contributed by atoms with Crippen LogP contribution in [0.1, 0.15) is 40.2 Å². The van der Waals surface area contributed by atoms with E-state index in [1.807, 2.05) is 11.8 Å². The number of carbonyl (C=O) groups excluding carboxylic acids is 1. The van der Waals surface area contributed by atoms with Gasteiger partial charge in [0.05, 0.1) is 5.25 Å². The van der Waals surface area contributed by atoms with Gasteiger partial charge in [-0.1, -0.05) is 45.4 Å². The minimum atomic E-state index is -0.0368. The van der Waals surface area contributed by atoms with Crippen molar-refractivity contribution >= 4 is 17.7 Å². The zero-order valence-electron chi connectivity index (χ0n) is 14.2. The lowest BCUT2D eigenvalue weighted by atomic mass is 10.1. The Bertz CT molecular complexity index is 429. The van der Waals surface area contributed by atoms with Gasteiger partial charge in [0.25, 0.3) is 0 Å². The molecule has 1 aromatic rings. The predicted molar refractivity (Wildman–Crippen MR) is 92.8 cm³/mol. The van der Waals surface area contributed by atoms with Gasteiger partial charge in [-0.05, 0) is 37.8 Å². The van der Waals surface area contributed by atoms with Crippen molar-refractivity contribution in [1.29, 1.82) is 0 Å². The lowest BCUT2D eigenvalue weighted by Gasteiger charge is -2.28. The SMILES string of the molecule is Cc1ccc(SC(C)C(=O)N(CC(C)C)CC(C)C)cc1. The Labute approximate surface area is 134 Å². The summed E-state index contributed by atoms with van der Waals surface area (Å²) in [4.78, 5) is 15.9. The highest BCUT2D eigenvalue weighted by atomic mass is 32.2. The van der Waals surface area contributed by atoms with Crippen LogP contribution in [0, 0.1) is 18.8 Å². The summed E-state index contributed by atoms with van der Waals surface area (Å²) in [6.07, 6.45) is 0. The maximum atomic E-state index is 12.7. The van der Waals surface area contributed by atoms with Crippen molar-refractivity contribution in [2.24, 2.45) is 11.8 Å². The van der Waals surface area contributed by atoms with Gasteiger partial charge in [-0.25, -0.2) is 0 Å². The molecule has 0 heterocycles. The standard InChI is InChI=1S/C18H29NOS/c1-13(2)11-19(12-14(3)4)18(20)16(6)21-17-9-7-15(5)8-10-17/h7-10,13-14,16H,11-12H2,1-6H3. The fraction of sp³-hybridized carbons (Fsp3) is 0.611. The van der Waals surface area contributed by atoms with E-state index in [1.54, 1.807) is 11.8 Å². The number of nitrogens with zero attached hydrogens (tertiary/aromatic N) is 1. The Balaban J connectivity index is 2.70. The second-order valence-corrected chi connectivity index (χ2v) is 8.02. The van der Waals surface area contributed by atoms with Gasteiger partial charge < -0.3 is 4.90 Å². The van der Waals surface area contributed by atoms with E-state index in [0.29, 0.717) is 11.8 Å². The Hall–Kier alpha value is -0.960. The average Bonchev–Trinajstić information content (AvgIpc) is 2.38. The molecule has 118 valence electrons. The highest BCUT2D eigenvalue weighted by Gasteiger charge is 2.22. The molecule has 0 saturated heterocycles. The summed E-state index contributed by atoms with van der Waals surface area (Å²) in [6, 6.07) is 8.39. The predicted octanol–water partition coefficient (Wildman–Crippen LogP) is 4.62. The van der Waals surface area contributed by atoms with Crippen molar-refractivity contribution in [2.75, 3.05) is 13.1 Å². The van der Waals surface area contributed by atoms with Crippen LogP contribution in [0.4, 0.5) is 0 Å². The molecule has 1 unspecified atom stereocenters. The zero-order valence-corrected chi connectivity index (χ0v) is 15.0. The van der Waals surface area contributed by atoms with E-state index in [9.17, 15) is 4.79 Å². The zero-order chi connectivity index (χ0) is 16.0. The lowest BCUT2D eigenvalue weighted by Crippen LogP contribution is -2.41. The van der Waals surface area contributed by atoms with Gasteiger partial charge in [0.2, 0.25) is 5.91 Å². The molecular formula is C18H29NOS. The number of hydrogen-bond acceptors (Lipinski definition) is 2. The maximum absolute atomic E-state index is 12.7. The first-order chi connectivity index (χ1) is 9.79. The summed E-state index contributed by atoms with van der Waals surface area (Å²) in [5.41, 5.74) is 1.25. The van der Waals surface area contributed by atoms with Crippen LogP contribution in [0.15, 0.2) is 29.2 Å². The van der Waals surface area contributed by atoms with Crippen LogP contribution >= 0.6 is 11.8 Å². The van der Waals surface area contributed by atoms with Gasteiger partial charge in [-0.2, -0.15) is 0 Å². The number of aryl methyl sites for hydroxylation is 1. The van der Waals surface area contributed by atoms with Gasteiger partial charge in [0.15, 0.2) is 0 Å². The van der Waals surface area contributed by atoms with E-state index < -0.39 is 0 Å². The van der Waals surface area contributed by atoms with Crippen molar-refractivity contribution in [1.82, 2.24) is 4.90 Å². The van der Waals surface area contributed by atoms with E-state index in [4.69, 9.17) is 0 Å². The number of benzene rings is 1. The molecule has 0 fully saturated rings. The largest absolute Gasteiger partial charge is 0.341 e. The quantitative estimate of drug-likeness (QED) is 0.685. The summed E-state index contributed by atoms with van der Waals surface area (Å²) >= 11 is 1.65. The third-order valence-corrected chi connectivity index (χ3v) is 4.26. The molecule has 21 heavy (non-hydrogen) atoms. The second kappa shape index (κ2) is 8.47. The summed E-state index contributed by atoms with van der Waals surface area (Å²) < 4.78 is 0. The summed E-state index contributed by atoms with van der Waals surface area (Å²) in [7, 11) is 0. The molecule has 1 aromatic carbocycles. The van der Waals surface area contributed by atoms with Crippen LogP contribution in [0.5, 0.6) is 0 Å². The summed E-state index contributed by atoms with van der Waals surface area (Å²) in [6.45, 7) is 14.4. The molecule has 2 nitrogen and oxygen atoms in total. The third kappa shape index (κ3) is 6.56. The molecule has 0 saturated carbocycles. The van der Waals surface area contributed by atoms with Gasteiger partial charge in [0, 0.05) is 18.0 Å². The average molecular weight is 308 g/mol. The summed E-state index contributed by atoms with van der Waals surface area (Å²) in [5, 5.41) is -0.0368. The second-order valence-electron chi connectivity index (χ2n) is 6.60. The highest BCUT2D eigenvalue weighted by molar-refractivity contribution is 8.00. The van der Waals surface area contributed by atoms with Crippen LogP contribution in [-0.4, -0.2) is 29.1 Å². The first-order valence-electron chi connectivity index (χ1n) is 7.81. The number of carbonyl (C=O) groups is 1. The number of rotatable bonds is 7. The molecule has 0 radical (unpaired) electrons. The van der Waals surface area contributed by atoms with Crippen LogP contribution in [0.3, 0.4) is 0 Å². The first kappa shape index (κ1) is 18.1.